The number of amides is 3. The van der Waals surface area contributed by atoms with Crippen molar-refractivity contribution < 1.29 is 34.5 Å². The highest BCUT2D eigenvalue weighted by atomic mass is 16.4. The number of hydrogen-bond donors (Lipinski definition) is 5. The molecule has 2 aliphatic rings. The largest absolute Gasteiger partial charge is 0.480 e. The van der Waals surface area contributed by atoms with Crippen LogP contribution in [0.2, 0.25) is 0 Å². The molecular formula is C16H26N4O7. The van der Waals surface area contributed by atoms with Crippen LogP contribution in [0.3, 0.4) is 0 Å². The summed E-state index contributed by atoms with van der Waals surface area (Å²) in [7, 11) is 0. The van der Waals surface area contributed by atoms with Crippen molar-refractivity contribution in [2.75, 3.05) is 26.3 Å². The predicted octanol–water partition coefficient (Wildman–Crippen LogP) is -3.15. The SMILES string of the molecule is NC(CO)C(=O)N1CCCC1C(=O)NC(CO)C(=O)N1CCCC1C(=O)O. The van der Waals surface area contributed by atoms with E-state index in [9.17, 15) is 29.4 Å². The summed E-state index contributed by atoms with van der Waals surface area (Å²) in [4.78, 5) is 51.0. The van der Waals surface area contributed by atoms with E-state index >= 15 is 0 Å². The Kier molecular flexibility index (Phi) is 7.11. The number of carboxylic acid groups (broad SMARTS) is 1. The maximum Gasteiger partial charge on any atom is 0.326 e. The summed E-state index contributed by atoms with van der Waals surface area (Å²) in [6.07, 6.45) is 1.77. The minimum atomic E-state index is -1.29. The summed E-state index contributed by atoms with van der Waals surface area (Å²) in [5.74, 6) is -2.98. The zero-order valence-electron chi connectivity index (χ0n) is 14.9. The van der Waals surface area contributed by atoms with E-state index in [4.69, 9.17) is 10.8 Å². The minimum Gasteiger partial charge on any atom is -0.480 e. The highest BCUT2D eigenvalue weighted by molar-refractivity contribution is 5.94. The summed E-state index contributed by atoms with van der Waals surface area (Å²) in [6.45, 7) is -0.700. The van der Waals surface area contributed by atoms with E-state index in [2.05, 4.69) is 5.32 Å². The Morgan fingerprint density at radius 3 is 2.04 bits per heavy atom. The number of likely N-dealkylation sites (tertiary alicyclic amines) is 2. The van der Waals surface area contributed by atoms with Crippen LogP contribution in [0, 0.1) is 0 Å². The van der Waals surface area contributed by atoms with E-state index < -0.39 is 61.1 Å². The number of nitrogens with zero attached hydrogens (tertiary/aromatic N) is 2. The topological polar surface area (TPSA) is 174 Å². The molecule has 0 spiro atoms. The van der Waals surface area contributed by atoms with Gasteiger partial charge in [-0.3, -0.25) is 14.4 Å². The maximum absolute atomic E-state index is 12.6. The molecule has 0 bridgehead atoms. The fraction of sp³-hybridized carbons (Fsp3) is 0.750. The molecule has 152 valence electrons. The van der Waals surface area contributed by atoms with Gasteiger partial charge in [0.15, 0.2) is 0 Å². The third-order valence-corrected chi connectivity index (χ3v) is 4.97. The number of carboxylic acids is 1. The van der Waals surface area contributed by atoms with E-state index in [1.807, 2.05) is 0 Å². The molecule has 6 N–H and O–H groups in total. The van der Waals surface area contributed by atoms with Gasteiger partial charge in [0.05, 0.1) is 13.2 Å². The lowest BCUT2D eigenvalue weighted by molar-refractivity contribution is -0.150. The average Bonchev–Trinajstić information content (AvgIpc) is 3.33. The van der Waals surface area contributed by atoms with Crippen LogP contribution in [0.25, 0.3) is 0 Å². The molecule has 2 rings (SSSR count). The first-order valence-corrected chi connectivity index (χ1v) is 8.93. The number of nitrogens with two attached hydrogens (primary N) is 1. The highest BCUT2D eigenvalue weighted by Crippen LogP contribution is 2.20. The van der Waals surface area contributed by atoms with Crippen LogP contribution < -0.4 is 11.1 Å². The molecule has 3 amide bonds. The molecule has 27 heavy (non-hydrogen) atoms. The molecule has 11 heteroatoms. The first-order valence-electron chi connectivity index (χ1n) is 8.93. The van der Waals surface area contributed by atoms with Gasteiger partial charge in [0.2, 0.25) is 17.7 Å². The second kappa shape index (κ2) is 9.11. The summed E-state index contributed by atoms with van der Waals surface area (Å²) < 4.78 is 0. The van der Waals surface area contributed by atoms with Crippen LogP contribution in [0.15, 0.2) is 0 Å². The number of aliphatic hydroxyl groups is 2. The summed E-state index contributed by atoms with van der Waals surface area (Å²) in [5.41, 5.74) is 5.53. The molecule has 2 fully saturated rings. The monoisotopic (exact) mass is 386 g/mol. The molecule has 2 aliphatic heterocycles. The van der Waals surface area contributed by atoms with Gasteiger partial charge in [-0.2, -0.15) is 0 Å². The number of carbonyl (C=O) groups is 4. The Bertz CT molecular complexity index is 599. The van der Waals surface area contributed by atoms with Crippen LogP contribution in [-0.4, -0.2) is 99.3 Å². The Morgan fingerprint density at radius 2 is 1.52 bits per heavy atom. The van der Waals surface area contributed by atoms with Crippen molar-refractivity contribution in [1.82, 2.24) is 15.1 Å². The lowest BCUT2D eigenvalue weighted by Crippen LogP contribution is -2.57. The van der Waals surface area contributed by atoms with Crippen LogP contribution in [0.4, 0.5) is 0 Å². The molecule has 0 aromatic carbocycles. The Labute approximate surface area is 156 Å². The van der Waals surface area contributed by atoms with Crippen molar-refractivity contribution in [2.45, 2.75) is 49.9 Å². The molecule has 0 aromatic heterocycles. The normalized spacial score (nSPS) is 24.6. The van der Waals surface area contributed by atoms with Crippen LogP contribution in [0.5, 0.6) is 0 Å². The van der Waals surface area contributed by atoms with Gasteiger partial charge in [-0.1, -0.05) is 0 Å². The smallest absolute Gasteiger partial charge is 0.326 e. The molecule has 0 aromatic rings. The second-order valence-electron chi connectivity index (χ2n) is 6.75. The van der Waals surface area contributed by atoms with Gasteiger partial charge >= 0.3 is 5.97 Å². The third-order valence-electron chi connectivity index (χ3n) is 4.97. The van der Waals surface area contributed by atoms with Crippen molar-refractivity contribution in [2.24, 2.45) is 5.73 Å². The molecule has 0 aliphatic carbocycles. The number of hydrogen-bond acceptors (Lipinski definition) is 7. The van der Waals surface area contributed by atoms with Crippen molar-refractivity contribution >= 4 is 23.7 Å². The summed E-state index contributed by atoms with van der Waals surface area (Å²) >= 11 is 0. The number of carbonyl (C=O) groups excluding carboxylic acids is 3. The van der Waals surface area contributed by atoms with Crippen molar-refractivity contribution in [3.05, 3.63) is 0 Å². The van der Waals surface area contributed by atoms with Crippen molar-refractivity contribution in [3.63, 3.8) is 0 Å². The van der Waals surface area contributed by atoms with Gasteiger partial charge in [0, 0.05) is 13.1 Å². The van der Waals surface area contributed by atoms with E-state index in [0.717, 1.165) is 4.90 Å². The van der Waals surface area contributed by atoms with Crippen LogP contribution >= 0.6 is 0 Å². The van der Waals surface area contributed by atoms with Gasteiger partial charge in [-0.25, -0.2) is 4.79 Å². The van der Waals surface area contributed by atoms with Gasteiger partial charge in [-0.15, -0.1) is 0 Å². The maximum atomic E-state index is 12.6. The fourth-order valence-electron chi connectivity index (χ4n) is 3.53. The molecule has 4 unspecified atom stereocenters. The number of aliphatic hydroxyl groups excluding tert-OH is 2. The molecule has 0 saturated carbocycles. The van der Waals surface area contributed by atoms with Gasteiger partial charge in [0.1, 0.15) is 24.2 Å². The molecular weight excluding hydrogens is 360 g/mol. The van der Waals surface area contributed by atoms with Crippen LogP contribution in [-0.2, 0) is 19.2 Å². The Morgan fingerprint density at radius 1 is 0.963 bits per heavy atom. The average molecular weight is 386 g/mol. The number of aliphatic carboxylic acids is 1. The third kappa shape index (κ3) is 4.54. The second-order valence-corrected chi connectivity index (χ2v) is 6.75. The first-order chi connectivity index (χ1) is 12.8. The predicted molar refractivity (Wildman–Crippen MR) is 91.2 cm³/mol. The molecule has 2 heterocycles. The lowest BCUT2D eigenvalue weighted by atomic mass is 10.1. The summed E-state index contributed by atoms with van der Waals surface area (Å²) in [6, 6.07) is -4.25. The van der Waals surface area contributed by atoms with E-state index in [1.165, 1.54) is 4.90 Å². The van der Waals surface area contributed by atoms with E-state index in [0.29, 0.717) is 32.2 Å². The number of rotatable bonds is 7. The molecule has 0 radical (unpaired) electrons. The molecule has 2 saturated heterocycles. The quantitative estimate of drug-likeness (QED) is 0.305. The van der Waals surface area contributed by atoms with Gasteiger partial charge in [-0.05, 0) is 25.7 Å². The van der Waals surface area contributed by atoms with Crippen LogP contribution in [0.1, 0.15) is 25.7 Å². The van der Waals surface area contributed by atoms with Gasteiger partial charge < -0.3 is 36.2 Å². The lowest BCUT2D eigenvalue weighted by Gasteiger charge is -2.29. The van der Waals surface area contributed by atoms with Gasteiger partial charge in [0.25, 0.3) is 0 Å². The van der Waals surface area contributed by atoms with Crippen molar-refractivity contribution in [3.8, 4) is 0 Å². The van der Waals surface area contributed by atoms with E-state index in [-0.39, 0.29) is 6.54 Å². The minimum absolute atomic E-state index is 0.238. The first kappa shape index (κ1) is 21.1. The fourth-order valence-corrected chi connectivity index (χ4v) is 3.53. The standard InChI is InChI=1S/C16H26N4O7/c17-9(7-21)14(24)19-5-1-3-11(19)13(23)18-10(8-22)15(25)20-6-2-4-12(20)16(26)27/h9-12,21-22H,1-8,17H2,(H,18,23)(H,26,27). The molecule has 11 nitrogen and oxygen atoms in total. The van der Waals surface area contributed by atoms with Crippen molar-refractivity contribution in [1.29, 1.82) is 0 Å². The molecule has 4 atom stereocenters. The van der Waals surface area contributed by atoms with E-state index in [1.54, 1.807) is 0 Å². The summed E-state index contributed by atoms with van der Waals surface area (Å²) in [5, 5.41) is 30.2. The Hall–Kier alpha value is -2.24. The number of nitrogens with one attached hydrogen (secondary N) is 1. The zero-order chi connectivity index (χ0) is 20.1. The zero-order valence-corrected chi connectivity index (χ0v) is 14.9. The highest BCUT2D eigenvalue weighted by Gasteiger charge is 2.40. The Balaban J connectivity index is 2.04.